The van der Waals surface area contributed by atoms with E-state index in [0.29, 0.717) is 12.3 Å². The molecule has 0 spiro atoms. The van der Waals surface area contributed by atoms with Gasteiger partial charge in [0.15, 0.2) is 5.82 Å². The molecule has 0 saturated carbocycles. The lowest BCUT2D eigenvalue weighted by molar-refractivity contribution is -0.121. The minimum absolute atomic E-state index is 0.0558. The highest BCUT2D eigenvalue weighted by molar-refractivity contribution is 5.76. The SMILES string of the molecule is CCCC(=O)NC1CCCN(c2nccnc2OC(C)C)C1. The second-order valence-corrected chi connectivity index (χ2v) is 5.95. The molecule has 1 aliphatic heterocycles. The maximum absolute atomic E-state index is 11.8. The van der Waals surface area contributed by atoms with Crippen molar-refractivity contribution in [2.75, 3.05) is 18.0 Å². The number of piperidine rings is 1. The summed E-state index contributed by atoms with van der Waals surface area (Å²) in [5.74, 6) is 1.47. The molecule has 1 amide bonds. The molecular weight excluding hydrogens is 280 g/mol. The van der Waals surface area contributed by atoms with Crippen molar-refractivity contribution < 1.29 is 9.53 Å². The van der Waals surface area contributed by atoms with Gasteiger partial charge in [0.1, 0.15) is 0 Å². The highest BCUT2D eigenvalue weighted by Crippen LogP contribution is 2.26. The fourth-order valence-electron chi connectivity index (χ4n) is 2.66. The number of anilines is 1. The lowest BCUT2D eigenvalue weighted by Gasteiger charge is -2.34. The van der Waals surface area contributed by atoms with Crippen LogP contribution in [0, 0.1) is 0 Å². The van der Waals surface area contributed by atoms with Crippen molar-refractivity contribution >= 4 is 11.7 Å². The van der Waals surface area contributed by atoms with Gasteiger partial charge in [-0.1, -0.05) is 6.92 Å². The number of aromatic nitrogens is 2. The molecule has 0 aromatic carbocycles. The zero-order chi connectivity index (χ0) is 15.9. The first-order valence-electron chi connectivity index (χ1n) is 8.12. The molecule has 1 unspecified atom stereocenters. The number of amides is 1. The zero-order valence-corrected chi connectivity index (χ0v) is 13.7. The summed E-state index contributed by atoms with van der Waals surface area (Å²) < 4.78 is 5.75. The molecule has 1 aromatic heterocycles. The third-order valence-corrected chi connectivity index (χ3v) is 3.56. The summed E-state index contributed by atoms with van der Waals surface area (Å²) in [6.45, 7) is 7.63. The van der Waals surface area contributed by atoms with Crippen molar-refractivity contribution in [3.05, 3.63) is 12.4 Å². The molecular formula is C16H26N4O2. The van der Waals surface area contributed by atoms with Crippen molar-refractivity contribution in [3.8, 4) is 5.88 Å². The van der Waals surface area contributed by atoms with Gasteiger partial charge in [0, 0.05) is 37.9 Å². The number of ether oxygens (including phenoxy) is 1. The zero-order valence-electron chi connectivity index (χ0n) is 13.7. The van der Waals surface area contributed by atoms with Gasteiger partial charge in [-0.05, 0) is 33.1 Å². The average Bonchev–Trinajstić information content (AvgIpc) is 2.47. The van der Waals surface area contributed by atoms with Gasteiger partial charge in [-0.2, -0.15) is 0 Å². The predicted octanol–water partition coefficient (Wildman–Crippen LogP) is 2.15. The summed E-state index contributed by atoms with van der Waals surface area (Å²) in [5.41, 5.74) is 0. The van der Waals surface area contributed by atoms with Gasteiger partial charge in [0.25, 0.3) is 5.88 Å². The second kappa shape index (κ2) is 7.96. The van der Waals surface area contributed by atoms with Crippen LogP contribution in [0.25, 0.3) is 0 Å². The highest BCUT2D eigenvalue weighted by atomic mass is 16.5. The molecule has 1 N–H and O–H groups in total. The minimum atomic E-state index is 0.0558. The van der Waals surface area contributed by atoms with Crippen LogP contribution in [-0.2, 0) is 4.79 Å². The Labute approximate surface area is 132 Å². The van der Waals surface area contributed by atoms with E-state index in [1.54, 1.807) is 12.4 Å². The van der Waals surface area contributed by atoms with Crippen LogP contribution < -0.4 is 15.0 Å². The number of carbonyl (C=O) groups excluding carboxylic acids is 1. The van der Waals surface area contributed by atoms with Crippen molar-refractivity contribution in [2.45, 2.75) is 58.6 Å². The van der Waals surface area contributed by atoms with E-state index in [1.165, 1.54) is 0 Å². The van der Waals surface area contributed by atoms with Crippen LogP contribution in [0.4, 0.5) is 5.82 Å². The summed E-state index contributed by atoms with van der Waals surface area (Å²) in [4.78, 5) is 22.7. The Bertz CT molecular complexity index is 493. The van der Waals surface area contributed by atoms with Crippen LogP contribution in [0.1, 0.15) is 46.5 Å². The van der Waals surface area contributed by atoms with Gasteiger partial charge in [-0.15, -0.1) is 0 Å². The molecule has 122 valence electrons. The Morgan fingerprint density at radius 2 is 2.23 bits per heavy atom. The van der Waals surface area contributed by atoms with E-state index < -0.39 is 0 Å². The molecule has 1 fully saturated rings. The minimum Gasteiger partial charge on any atom is -0.472 e. The van der Waals surface area contributed by atoms with Crippen molar-refractivity contribution in [1.82, 2.24) is 15.3 Å². The summed E-state index contributed by atoms with van der Waals surface area (Å²) in [7, 11) is 0. The Hall–Kier alpha value is -1.85. The molecule has 1 saturated heterocycles. The topological polar surface area (TPSA) is 67.4 Å². The van der Waals surface area contributed by atoms with E-state index >= 15 is 0 Å². The summed E-state index contributed by atoms with van der Waals surface area (Å²) in [6, 6.07) is 0.168. The molecule has 1 atom stereocenters. The molecule has 6 nitrogen and oxygen atoms in total. The van der Waals surface area contributed by atoms with Crippen molar-refractivity contribution in [1.29, 1.82) is 0 Å². The quantitative estimate of drug-likeness (QED) is 0.872. The maximum atomic E-state index is 11.8. The summed E-state index contributed by atoms with van der Waals surface area (Å²) in [5, 5.41) is 3.11. The average molecular weight is 306 g/mol. The molecule has 2 heterocycles. The van der Waals surface area contributed by atoms with Crippen LogP contribution >= 0.6 is 0 Å². The van der Waals surface area contributed by atoms with Crippen molar-refractivity contribution in [2.24, 2.45) is 0 Å². The van der Waals surface area contributed by atoms with Crippen LogP contribution in [0.15, 0.2) is 12.4 Å². The second-order valence-electron chi connectivity index (χ2n) is 5.95. The van der Waals surface area contributed by atoms with Crippen LogP contribution in [-0.4, -0.2) is 41.1 Å². The first kappa shape index (κ1) is 16.5. The Balaban J connectivity index is 2.04. The molecule has 2 rings (SSSR count). The summed E-state index contributed by atoms with van der Waals surface area (Å²) in [6.07, 6.45) is 6.87. The fraction of sp³-hybridized carbons (Fsp3) is 0.688. The smallest absolute Gasteiger partial charge is 0.257 e. The van der Waals surface area contributed by atoms with E-state index in [0.717, 1.165) is 38.2 Å². The molecule has 6 heteroatoms. The first-order chi connectivity index (χ1) is 10.6. The van der Waals surface area contributed by atoms with Crippen LogP contribution in [0.2, 0.25) is 0 Å². The Morgan fingerprint density at radius 3 is 2.95 bits per heavy atom. The van der Waals surface area contributed by atoms with E-state index in [9.17, 15) is 4.79 Å². The first-order valence-corrected chi connectivity index (χ1v) is 8.12. The van der Waals surface area contributed by atoms with Crippen molar-refractivity contribution in [3.63, 3.8) is 0 Å². The van der Waals surface area contributed by atoms with E-state index in [1.807, 2.05) is 20.8 Å². The number of hydrogen-bond donors (Lipinski definition) is 1. The molecule has 0 bridgehead atoms. The molecule has 0 aliphatic carbocycles. The number of rotatable bonds is 6. The number of nitrogens with zero attached hydrogens (tertiary/aromatic N) is 3. The number of hydrogen-bond acceptors (Lipinski definition) is 5. The largest absolute Gasteiger partial charge is 0.472 e. The molecule has 22 heavy (non-hydrogen) atoms. The third kappa shape index (κ3) is 4.58. The van der Waals surface area contributed by atoms with Crippen LogP contribution in [0.3, 0.4) is 0 Å². The van der Waals surface area contributed by atoms with Gasteiger partial charge in [-0.25, -0.2) is 9.97 Å². The van der Waals surface area contributed by atoms with Gasteiger partial charge < -0.3 is 15.0 Å². The Kier molecular flexibility index (Phi) is 5.98. The van der Waals surface area contributed by atoms with Gasteiger partial charge in [0.05, 0.1) is 6.10 Å². The van der Waals surface area contributed by atoms with Crippen LogP contribution in [0.5, 0.6) is 5.88 Å². The number of nitrogens with one attached hydrogen (secondary N) is 1. The third-order valence-electron chi connectivity index (χ3n) is 3.56. The van der Waals surface area contributed by atoms with Gasteiger partial charge in [-0.3, -0.25) is 4.79 Å². The summed E-state index contributed by atoms with van der Waals surface area (Å²) >= 11 is 0. The lowest BCUT2D eigenvalue weighted by Crippen LogP contribution is -2.48. The normalized spacial score (nSPS) is 18.4. The monoisotopic (exact) mass is 306 g/mol. The van der Waals surface area contributed by atoms with Gasteiger partial charge >= 0.3 is 0 Å². The molecule has 1 aromatic rings. The molecule has 0 radical (unpaired) electrons. The van der Waals surface area contributed by atoms with E-state index in [-0.39, 0.29) is 18.1 Å². The fourth-order valence-corrected chi connectivity index (χ4v) is 2.66. The maximum Gasteiger partial charge on any atom is 0.257 e. The number of carbonyl (C=O) groups is 1. The Morgan fingerprint density at radius 1 is 1.45 bits per heavy atom. The van der Waals surface area contributed by atoms with E-state index in [2.05, 4.69) is 20.2 Å². The van der Waals surface area contributed by atoms with E-state index in [4.69, 9.17) is 4.74 Å². The highest BCUT2D eigenvalue weighted by Gasteiger charge is 2.25. The predicted molar refractivity (Wildman–Crippen MR) is 86.1 cm³/mol. The lowest BCUT2D eigenvalue weighted by atomic mass is 10.1. The standard InChI is InChI=1S/C16H26N4O2/c1-4-6-14(21)19-13-7-5-10-20(11-13)15-16(22-12(2)3)18-9-8-17-15/h8-9,12-13H,4-7,10-11H2,1-3H3,(H,19,21). The van der Waals surface area contributed by atoms with Gasteiger partial charge in [0.2, 0.25) is 5.91 Å². The molecule has 1 aliphatic rings.